The Morgan fingerprint density at radius 1 is 1.05 bits per heavy atom. The highest BCUT2D eigenvalue weighted by Gasteiger charge is 2.15. The van der Waals surface area contributed by atoms with Crippen LogP contribution in [-0.2, 0) is 25.5 Å². The second-order valence-corrected chi connectivity index (χ2v) is 9.54. The van der Waals surface area contributed by atoms with Crippen LogP contribution in [0.15, 0.2) is 41.5 Å². The van der Waals surface area contributed by atoms with Gasteiger partial charge in [-0.25, -0.2) is 5.43 Å². The van der Waals surface area contributed by atoms with Gasteiger partial charge in [0.1, 0.15) is 0 Å². The quantitative estimate of drug-likeness (QED) is 0.0954. The van der Waals surface area contributed by atoms with Crippen molar-refractivity contribution < 1.29 is 28.6 Å². The molecule has 206 valence electrons. The van der Waals surface area contributed by atoms with E-state index < -0.39 is 11.8 Å². The minimum Gasteiger partial charge on any atom is -0.490 e. The van der Waals surface area contributed by atoms with Crippen LogP contribution in [0.25, 0.3) is 0 Å². The van der Waals surface area contributed by atoms with Crippen LogP contribution in [0.2, 0.25) is 0 Å². The molecule has 38 heavy (non-hydrogen) atoms. The van der Waals surface area contributed by atoms with Gasteiger partial charge in [0, 0.05) is 18.8 Å². The highest BCUT2D eigenvalue weighted by atomic mass is 127. The molecule has 0 heterocycles. The Kier molecular flexibility index (Phi) is 13.6. The highest BCUT2D eigenvalue weighted by Crippen LogP contribution is 2.34. The molecule has 0 atom stereocenters. The number of carbonyl (C=O) groups excluding carboxylic acids is 3. The predicted molar refractivity (Wildman–Crippen MR) is 155 cm³/mol. The molecule has 10 nitrogen and oxygen atoms in total. The van der Waals surface area contributed by atoms with Gasteiger partial charge in [-0.1, -0.05) is 19.1 Å². The summed E-state index contributed by atoms with van der Waals surface area (Å²) < 4.78 is 17.5. The number of rotatable bonds is 14. The van der Waals surface area contributed by atoms with E-state index in [9.17, 15) is 14.4 Å². The molecule has 0 aliphatic heterocycles. The average molecular weight is 639 g/mol. The fourth-order valence-corrected chi connectivity index (χ4v) is 3.89. The summed E-state index contributed by atoms with van der Waals surface area (Å²) in [5.41, 5.74) is 4.69. The predicted octanol–water partition coefficient (Wildman–Crippen LogP) is 3.65. The van der Waals surface area contributed by atoms with Gasteiger partial charge in [-0.3, -0.25) is 14.4 Å². The number of nitrogens with zero attached hydrogens (tertiary/aromatic N) is 1. The van der Waals surface area contributed by atoms with Crippen LogP contribution in [0.5, 0.6) is 11.5 Å². The molecule has 0 saturated carbocycles. The van der Waals surface area contributed by atoms with Crippen molar-refractivity contribution >= 4 is 52.2 Å². The van der Waals surface area contributed by atoms with Gasteiger partial charge in [-0.15, -0.1) is 0 Å². The smallest absolute Gasteiger partial charge is 0.329 e. The number of carbonyl (C=O) groups is 3. The normalized spacial score (nSPS) is 10.9. The zero-order chi connectivity index (χ0) is 27.9. The number of hydrogen-bond donors (Lipinski definition) is 3. The number of hydrazone groups is 1. The lowest BCUT2D eigenvalue weighted by Gasteiger charge is -2.14. The second-order valence-electron chi connectivity index (χ2n) is 8.38. The number of benzene rings is 2. The standard InChI is InChI=1S/C27H35IN4O6/c1-5-19-8-10-21(11-9-19)31-24(33)17-38-25-22(28)14-20(15-23(25)36-6-2)16-30-32-27(35)26(34)29-12-7-13-37-18(3)4/h8-11,14-16,18H,5-7,12-13,17H2,1-4H3,(H,29,34)(H,31,33)(H,32,35)/b30-16-. The minimum atomic E-state index is -0.874. The summed E-state index contributed by atoms with van der Waals surface area (Å²) in [5, 5.41) is 9.19. The van der Waals surface area contributed by atoms with Crippen LogP contribution < -0.4 is 25.5 Å². The van der Waals surface area contributed by atoms with Gasteiger partial charge in [-0.2, -0.15) is 5.10 Å². The lowest BCUT2D eigenvalue weighted by atomic mass is 10.1. The van der Waals surface area contributed by atoms with Crippen LogP contribution in [0.4, 0.5) is 5.69 Å². The molecule has 2 aromatic carbocycles. The Labute approximate surface area is 237 Å². The molecule has 2 aromatic rings. The first-order valence-corrected chi connectivity index (χ1v) is 13.5. The summed E-state index contributed by atoms with van der Waals surface area (Å²) in [6, 6.07) is 11.1. The largest absolute Gasteiger partial charge is 0.490 e. The third-order valence-corrected chi connectivity index (χ3v) is 5.77. The van der Waals surface area contributed by atoms with Gasteiger partial charge < -0.3 is 24.8 Å². The molecule has 0 spiro atoms. The molecule has 0 unspecified atom stereocenters. The molecule has 0 aromatic heterocycles. The average Bonchev–Trinajstić information content (AvgIpc) is 2.88. The third kappa shape index (κ3) is 11.1. The SMILES string of the molecule is CCOc1cc(/C=N\NC(=O)C(=O)NCCCOC(C)C)cc(I)c1OCC(=O)Nc1ccc(CC)cc1. The zero-order valence-corrected chi connectivity index (χ0v) is 24.3. The van der Waals surface area contributed by atoms with Crippen molar-refractivity contribution in [3.63, 3.8) is 0 Å². The molecule has 0 aliphatic rings. The molecule has 0 fully saturated rings. The van der Waals surface area contributed by atoms with E-state index in [2.05, 4.69) is 50.7 Å². The summed E-state index contributed by atoms with van der Waals surface area (Å²) >= 11 is 2.07. The molecule has 0 saturated heterocycles. The van der Waals surface area contributed by atoms with Crippen molar-refractivity contribution in [3.8, 4) is 11.5 Å². The zero-order valence-electron chi connectivity index (χ0n) is 22.1. The maximum atomic E-state index is 12.4. The first kappa shape index (κ1) is 31.0. The van der Waals surface area contributed by atoms with Crippen molar-refractivity contribution in [2.45, 2.75) is 46.6 Å². The van der Waals surface area contributed by atoms with Crippen LogP contribution >= 0.6 is 22.6 Å². The summed E-state index contributed by atoms with van der Waals surface area (Å²) in [6.45, 7) is 8.75. The van der Waals surface area contributed by atoms with Gasteiger partial charge in [-0.05, 0) is 91.6 Å². The Morgan fingerprint density at radius 2 is 1.79 bits per heavy atom. The fraction of sp³-hybridized carbons (Fsp3) is 0.407. The van der Waals surface area contributed by atoms with Crippen molar-refractivity contribution in [1.29, 1.82) is 0 Å². The Balaban J connectivity index is 1.92. The number of halogens is 1. The van der Waals surface area contributed by atoms with Crippen LogP contribution in [0.3, 0.4) is 0 Å². The fourth-order valence-electron chi connectivity index (χ4n) is 3.11. The Morgan fingerprint density at radius 3 is 2.45 bits per heavy atom. The first-order chi connectivity index (χ1) is 18.2. The molecular weight excluding hydrogens is 603 g/mol. The lowest BCUT2D eigenvalue weighted by molar-refractivity contribution is -0.139. The molecule has 2 rings (SSSR count). The maximum absolute atomic E-state index is 12.4. The van der Waals surface area contributed by atoms with Gasteiger partial charge in [0.25, 0.3) is 5.91 Å². The maximum Gasteiger partial charge on any atom is 0.329 e. The molecule has 0 radical (unpaired) electrons. The number of ether oxygens (including phenoxy) is 3. The summed E-state index contributed by atoms with van der Waals surface area (Å²) in [4.78, 5) is 36.2. The summed E-state index contributed by atoms with van der Waals surface area (Å²) in [7, 11) is 0. The van der Waals surface area contributed by atoms with E-state index in [0.717, 1.165) is 6.42 Å². The van der Waals surface area contributed by atoms with Crippen molar-refractivity contribution in [2.75, 3.05) is 31.7 Å². The van der Waals surface area contributed by atoms with Crippen LogP contribution in [0, 0.1) is 3.57 Å². The van der Waals surface area contributed by atoms with E-state index >= 15 is 0 Å². The lowest BCUT2D eigenvalue weighted by Crippen LogP contribution is -2.38. The molecular formula is C27H35IN4O6. The summed E-state index contributed by atoms with van der Waals surface area (Å²) in [5.74, 6) is -1.10. The van der Waals surface area contributed by atoms with E-state index in [-0.39, 0.29) is 18.6 Å². The van der Waals surface area contributed by atoms with Gasteiger partial charge in [0.15, 0.2) is 18.1 Å². The van der Waals surface area contributed by atoms with Crippen molar-refractivity contribution in [2.24, 2.45) is 5.10 Å². The van der Waals surface area contributed by atoms with E-state index in [1.165, 1.54) is 11.8 Å². The van der Waals surface area contributed by atoms with E-state index in [0.29, 0.717) is 52.5 Å². The van der Waals surface area contributed by atoms with Crippen LogP contribution in [0.1, 0.15) is 45.2 Å². The topological polar surface area (TPSA) is 127 Å². The van der Waals surface area contributed by atoms with Gasteiger partial charge in [0.05, 0.1) is 22.5 Å². The first-order valence-electron chi connectivity index (χ1n) is 12.4. The third-order valence-electron chi connectivity index (χ3n) is 4.97. The second kappa shape index (κ2) is 16.6. The minimum absolute atomic E-state index is 0.114. The monoisotopic (exact) mass is 638 g/mol. The van der Waals surface area contributed by atoms with Gasteiger partial charge >= 0.3 is 11.8 Å². The number of anilines is 1. The number of amides is 3. The number of aryl methyl sites for hydroxylation is 1. The highest BCUT2D eigenvalue weighted by molar-refractivity contribution is 14.1. The van der Waals surface area contributed by atoms with Crippen molar-refractivity contribution in [1.82, 2.24) is 10.7 Å². The number of hydrogen-bond acceptors (Lipinski definition) is 7. The number of nitrogens with one attached hydrogen (secondary N) is 3. The molecule has 3 N–H and O–H groups in total. The molecule has 0 bridgehead atoms. The molecule has 11 heteroatoms. The van der Waals surface area contributed by atoms with E-state index in [1.54, 1.807) is 12.1 Å². The van der Waals surface area contributed by atoms with Gasteiger partial charge in [0.2, 0.25) is 0 Å². The molecule has 0 aliphatic carbocycles. The molecule has 3 amide bonds. The van der Waals surface area contributed by atoms with Crippen molar-refractivity contribution in [3.05, 3.63) is 51.1 Å². The Bertz CT molecular complexity index is 1110. The summed E-state index contributed by atoms with van der Waals surface area (Å²) in [6.07, 6.45) is 3.03. The van der Waals surface area contributed by atoms with E-state index in [4.69, 9.17) is 14.2 Å². The van der Waals surface area contributed by atoms with Crippen LogP contribution in [-0.4, -0.2) is 56.4 Å². The van der Waals surface area contributed by atoms with E-state index in [1.807, 2.05) is 45.0 Å². The Hall–Kier alpha value is -3.19.